The van der Waals surface area contributed by atoms with E-state index in [1.165, 1.54) is 37.2 Å². The second-order valence-electron chi connectivity index (χ2n) is 11.2. The van der Waals surface area contributed by atoms with Crippen LogP contribution in [-0.2, 0) is 28.7 Å². The molecule has 1 aromatic rings. The number of aromatic hydroxyl groups is 1. The molecule has 3 aliphatic carbocycles. The van der Waals surface area contributed by atoms with Crippen molar-refractivity contribution in [3.8, 4) is 5.75 Å². The molecular weight excluding hydrogens is 536 g/mol. The Morgan fingerprint density at radius 2 is 1.80 bits per heavy atom. The molecule has 12 nitrogen and oxygen atoms in total. The lowest BCUT2D eigenvalue weighted by Gasteiger charge is -2.56. The Morgan fingerprint density at radius 3 is 2.39 bits per heavy atom. The predicted octanol–water partition coefficient (Wildman–Crippen LogP) is -0.245. The SMILES string of the molecule is CCCCOC(=O)/C=C/c1ccc2c(c1O)C(=O)C1C(=O)[C@]3(O)C(=O)C(C(N)=O)C(=O)[C@@H](N(C)C)[C@@H]3[C@@H](O)[C@@H]1[C@H]2C. The van der Waals surface area contributed by atoms with Crippen molar-refractivity contribution in [2.45, 2.75) is 50.4 Å². The van der Waals surface area contributed by atoms with E-state index in [2.05, 4.69) is 0 Å². The number of nitrogens with zero attached hydrogens (tertiary/aromatic N) is 1. The molecule has 0 aliphatic heterocycles. The number of amides is 1. The van der Waals surface area contributed by atoms with Crippen LogP contribution in [0, 0.1) is 23.7 Å². The molecule has 5 N–H and O–H groups in total. The quantitative estimate of drug-likeness (QED) is 0.146. The van der Waals surface area contributed by atoms with Gasteiger partial charge >= 0.3 is 5.97 Å². The van der Waals surface area contributed by atoms with Crippen molar-refractivity contribution in [3.63, 3.8) is 0 Å². The molecule has 220 valence electrons. The van der Waals surface area contributed by atoms with Crippen LogP contribution in [0.15, 0.2) is 18.2 Å². The Hall–Kier alpha value is -3.74. The molecule has 12 heteroatoms. The number of ketones is 4. The molecule has 2 unspecified atom stereocenters. The molecule has 1 amide bonds. The number of ether oxygens (including phenoxy) is 1. The van der Waals surface area contributed by atoms with E-state index >= 15 is 0 Å². The maximum Gasteiger partial charge on any atom is 0.330 e. The average Bonchev–Trinajstić information content (AvgIpc) is 2.90. The number of benzene rings is 1. The first kappa shape index (κ1) is 30.2. The molecule has 4 rings (SSSR count). The summed E-state index contributed by atoms with van der Waals surface area (Å²) < 4.78 is 5.05. The van der Waals surface area contributed by atoms with E-state index in [0.29, 0.717) is 12.0 Å². The second-order valence-corrected chi connectivity index (χ2v) is 11.2. The molecule has 1 aromatic carbocycles. The molecular formula is C29H34N2O10. The molecule has 0 bridgehead atoms. The third kappa shape index (κ3) is 4.50. The summed E-state index contributed by atoms with van der Waals surface area (Å²) in [6.45, 7) is 3.78. The van der Waals surface area contributed by atoms with Gasteiger partial charge in [0.05, 0.1) is 36.2 Å². The number of phenolic OH excluding ortho intramolecular Hbond substituents is 1. The zero-order chi connectivity index (χ0) is 30.5. The number of likely N-dealkylation sites (N-methyl/N-ethyl adjacent to an activating group) is 1. The summed E-state index contributed by atoms with van der Waals surface area (Å²) in [7, 11) is 2.86. The number of esters is 1. The number of Topliss-reactive ketones (excluding diaryl/α,β-unsaturated/α-hetero) is 4. The van der Waals surface area contributed by atoms with Crippen LogP contribution in [0.25, 0.3) is 6.08 Å². The summed E-state index contributed by atoms with van der Waals surface area (Å²) in [4.78, 5) is 79.8. The van der Waals surface area contributed by atoms with Crippen LogP contribution in [0.1, 0.15) is 54.1 Å². The maximum absolute atomic E-state index is 14.0. The summed E-state index contributed by atoms with van der Waals surface area (Å²) in [5, 5.41) is 34.3. The van der Waals surface area contributed by atoms with E-state index < -0.39 is 88.1 Å². The number of carbonyl (C=O) groups excluding carboxylic acids is 6. The fourth-order valence-corrected chi connectivity index (χ4v) is 6.66. The van der Waals surface area contributed by atoms with Crippen LogP contribution in [0.3, 0.4) is 0 Å². The number of hydrogen-bond donors (Lipinski definition) is 4. The van der Waals surface area contributed by atoms with Gasteiger partial charge in [-0.05, 0) is 38.1 Å². The summed E-state index contributed by atoms with van der Waals surface area (Å²) in [6.07, 6.45) is 2.14. The maximum atomic E-state index is 14.0. The molecule has 0 aromatic heterocycles. The van der Waals surface area contributed by atoms with Gasteiger partial charge in [0.2, 0.25) is 5.91 Å². The van der Waals surface area contributed by atoms with Crippen molar-refractivity contribution >= 4 is 41.1 Å². The van der Waals surface area contributed by atoms with Crippen LogP contribution >= 0.6 is 0 Å². The second kappa shape index (κ2) is 10.9. The zero-order valence-electron chi connectivity index (χ0n) is 23.2. The van der Waals surface area contributed by atoms with E-state index in [1.54, 1.807) is 6.92 Å². The first-order valence-electron chi connectivity index (χ1n) is 13.4. The highest BCUT2D eigenvalue weighted by atomic mass is 16.5. The molecule has 0 saturated heterocycles. The Morgan fingerprint density at radius 1 is 1.15 bits per heavy atom. The van der Waals surface area contributed by atoms with Gasteiger partial charge in [-0.2, -0.15) is 0 Å². The number of unbranched alkanes of at least 4 members (excludes halogenated alkanes) is 1. The average molecular weight is 571 g/mol. The van der Waals surface area contributed by atoms with Crippen molar-refractivity contribution in [3.05, 3.63) is 34.9 Å². The number of hydrogen-bond acceptors (Lipinski definition) is 11. The standard InChI is InChI=1S/C29H34N2O10/c1-5-6-11-41-15(32)10-8-13-7-9-14-12(2)16-18(23(34)17(14)22(13)33)26(37)29(40)20(24(16)35)21(31(3)4)25(36)19(27(29)38)28(30)39/h7-10,12,16,18-21,24,33,35,40H,5-6,11H2,1-4H3,(H2,30,39)/b10-8+/t12-,16+,18?,19?,20+,21-,24-,29-/m0/s1. The number of nitrogens with two attached hydrogens (primary N) is 1. The highest BCUT2D eigenvalue weighted by Gasteiger charge is 2.72. The van der Waals surface area contributed by atoms with Crippen molar-refractivity contribution in [1.29, 1.82) is 0 Å². The van der Waals surface area contributed by atoms with E-state index in [9.17, 15) is 44.1 Å². The van der Waals surface area contributed by atoms with Crippen molar-refractivity contribution < 1.29 is 48.8 Å². The number of phenols is 1. The molecule has 2 fully saturated rings. The number of fused-ring (bicyclic) bond motifs is 3. The minimum Gasteiger partial charge on any atom is -0.507 e. The van der Waals surface area contributed by atoms with Gasteiger partial charge < -0.3 is 25.8 Å². The Balaban J connectivity index is 1.81. The Bertz CT molecular complexity index is 1370. The summed E-state index contributed by atoms with van der Waals surface area (Å²) in [5.41, 5.74) is 2.38. The third-order valence-corrected chi connectivity index (χ3v) is 8.66. The first-order valence-corrected chi connectivity index (χ1v) is 13.4. The molecule has 0 heterocycles. The topological polar surface area (TPSA) is 202 Å². The van der Waals surface area contributed by atoms with E-state index in [4.69, 9.17) is 10.5 Å². The first-order chi connectivity index (χ1) is 19.2. The van der Waals surface area contributed by atoms with Crippen LogP contribution in [-0.4, -0.2) is 93.7 Å². The molecule has 3 aliphatic rings. The van der Waals surface area contributed by atoms with Gasteiger partial charge in [0.1, 0.15) is 5.75 Å². The zero-order valence-corrected chi connectivity index (χ0v) is 23.2. The normalized spacial score (nSPS) is 33.0. The Labute approximate surface area is 236 Å². The third-order valence-electron chi connectivity index (χ3n) is 8.66. The number of aliphatic hydroxyl groups excluding tert-OH is 1. The van der Waals surface area contributed by atoms with Crippen LogP contribution < -0.4 is 5.73 Å². The van der Waals surface area contributed by atoms with Crippen molar-refractivity contribution in [2.24, 2.45) is 29.4 Å². The predicted molar refractivity (Wildman–Crippen MR) is 142 cm³/mol. The van der Waals surface area contributed by atoms with Crippen LogP contribution in [0.5, 0.6) is 5.75 Å². The number of carbonyl (C=O) groups is 6. The summed E-state index contributed by atoms with van der Waals surface area (Å²) >= 11 is 0. The van der Waals surface area contributed by atoms with E-state index in [-0.39, 0.29) is 17.7 Å². The minimum absolute atomic E-state index is 0.0800. The van der Waals surface area contributed by atoms with Gasteiger partial charge in [-0.1, -0.05) is 32.4 Å². The molecule has 8 atom stereocenters. The minimum atomic E-state index is -3.06. The number of rotatable bonds is 7. The van der Waals surface area contributed by atoms with Gasteiger partial charge in [-0.15, -0.1) is 0 Å². The molecule has 0 spiro atoms. The van der Waals surface area contributed by atoms with Crippen LogP contribution in [0.4, 0.5) is 0 Å². The largest absolute Gasteiger partial charge is 0.507 e. The number of aliphatic hydroxyl groups is 2. The molecule has 0 radical (unpaired) electrons. The fraction of sp³-hybridized carbons (Fsp3) is 0.517. The van der Waals surface area contributed by atoms with Gasteiger partial charge in [0.25, 0.3) is 0 Å². The van der Waals surface area contributed by atoms with Gasteiger partial charge in [0.15, 0.2) is 34.7 Å². The van der Waals surface area contributed by atoms with Gasteiger partial charge in [-0.3, -0.25) is 28.9 Å². The Kier molecular flexibility index (Phi) is 8.05. The lowest BCUT2D eigenvalue weighted by Crippen LogP contribution is -2.77. The monoisotopic (exact) mass is 570 g/mol. The smallest absolute Gasteiger partial charge is 0.330 e. The highest BCUT2D eigenvalue weighted by molar-refractivity contribution is 6.32. The summed E-state index contributed by atoms with van der Waals surface area (Å²) in [5.74, 6) is -14.7. The van der Waals surface area contributed by atoms with Gasteiger partial charge in [-0.25, -0.2) is 4.79 Å². The number of primary amides is 1. The van der Waals surface area contributed by atoms with E-state index in [1.807, 2.05) is 6.92 Å². The summed E-state index contributed by atoms with van der Waals surface area (Å²) in [6, 6.07) is 1.56. The fourth-order valence-electron chi connectivity index (χ4n) is 6.66. The highest BCUT2D eigenvalue weighted by Crippen LogP contribution is 2.54. The lowest BCUT2D eigenvalue weighted by molar-refractivity contribution is -0.196. The van der Waals surface area contributed by atoms with Gasteiger partial charge in [0, 0.05) is 17.6 Å². The van der Waals surface area contributed by atoms with Crippen molar-refractivity contribution in [1.82, 2.24) is 4.90 Å². The molecule has 2 saturated carbocycles. The van der Waals surface area contributed by atoms with E-state index in [0.717, 1.165) is 12.5 Å². The molecule has 41 heavy (non-hydrogen) atoms. The van der Waals surface area contributed by atoms with Crippen molar-refractivity contribution in [2.75, 3.05) is 20.7 Å². The lowest BCUT2D eigenvalue weighted by atomic mass is 9.49. The van der Waals surface area contributed by atoms with Crippen LogP contribution in [0.2, 0.25) is 0 Å².